The number of sulfonamides is 1. The van der Waals surface area contributed by atoms with Gasteiger partial charge in [-0.15, -0.1) is 0 Å². The summed E-state index contributed by atoms with van der Waals surface area (Å²) in [5.74, 6) is 0.791. The molecule has 2 saturated heterocycles. The van der Waals surface area contributed by atoms with Gasteiger partial charge in [-0.05, 0) is 37.6 Å². The number of nitrogens with zero attached hydrogens (tertiary/aromatic N) is 2. The summed E-state index contributed by atoms with van der Waals surface area (Å²) in [5, 5.41) is 9.91. The van der Waals surface area contributed by atoms with Gasteiger partial charge in [0.05, 0.1) is 12.4 Å². The van der Waals surface area contributed by atoms with Gasteiger partial charge in [0.1, 0.15) is 0 Å². The van der Waals surface area contributed by atoms with Crippen LogP contribution in [0.4, 0.5) is 0 Å². The molecule has 0 aromatic carbocycles. The van der Waals surface area contributed by atoms with Gasteiger partial charge < -0.3 is 10.0 Å². The lowest BCUT2D eigenvalue weighted by Gasteiger charge is -2.38. The Morgan fingerprint density at radius 3 is 2.58 bits per heavy atom. The van der Waals surface area contributed by atoms with Crippen LogP contribution in [0.1, 0.15) is 26.2 Å². The third kappa shape index (κ3) is 4.15. The van der Waals surface area contributed by atoms with Crippen LogP contribution in [0, 0.1) is 11.8 Å². The maximum absolute atomic E-state index is 11.6. The molecule has 1 N–H and O–H groups in total. The molecule has 3 atom stereocenters. The van der Waals surface area contributed by atoms with E-state index in [0.717, 1.165) is 38.9 Å². The average Bonchev–Trinajstić information content (AvgIpc) is 2.33. The maximum atomic E-state index is 11.6. The molecule has 2 fully saturated rings. The smallest absolute Gasteiger partial charge is 0.211 e. The van der Waals surface area contributed by atoms with E-state index in [1.54, 1.807) is 4.31 Å². The normalized spacial score (nSPS) is 35.4. The van der Waals surface area contributed by atoms with Gasteiger partial charge in [-0.2, -0.15) is 0 Å². The molecule has 2 aliphatic rings. The summed E-state index contributed by atoms with van der Waals surface area (Å²) in [7, 11) is -3.05. The molecule has 5 nitrogen and oxygen atoms in total. The SMILES string of the molecule is CC1CCN(CC2CCCN(S(C)(=O)=O)C2)CC1O. The Labute approximate surface area is 116 Å². The monoisotopic (exact) mass is 290 g/mol. The standard InChI is InChI=1S/C13H26N2O3S/c1-11-5-7-14(10-13(11)16)8-12-4-3-6-15(9-12)19(2,17)18/h11-13,16H,3-10H2,1-2H3. The number of piperidine rings is 2. The van der Waals surface area contributed by atoms with E-state index in [1.807, 2.05) is 0 Å². The molecule has 0 saturated carbocycles. The van der Waals surface area contributed by atoms with Crippen LogP contribution in [-0.2, 0) is 10.0 Å². The third-order valence-corrected chi connectivity index (χ3v) is 5.74. The van der Waals surface area contributed by atoms with Crippen LogP contribution < -0.4 is 0 Å². The lowest BCUT2D eigenvalue weighted by Crippen LogP contribution is -2.48. The number of β-amino-alcohol motifs (C(OH)–C–C–N with tert-alkyl or cyclic N) is 1. The largest absolute Gasteiger partial charge is 0.392 e. The first-order chi connectivity index (χ1) is 8.86. The fourth-order valence-electron chi connectivity index (χ4n) is 3.12. The summed E-state index contributed by atoms with van der Waals surface area (Å²) in [5.41, 5.74) is 0. The maximum Gasteiger partial charge on any atom is 0.211 e. The van der Waals surface area contributed by atoms with Crippen molar-refractivity contribution in [1.29, 1.82) is 0 Å². The molecule has 0 radical (unpaired) electrons. The van der Waals surface area contributed by atoms with Gasteiger partial charge in [-0.1, -0.05) is 6.92 Å². The molecular formula is C13H26N2O3S. The summed E-state index contributed by atoms with van der Waals surface area (Å²) < 4.78 is 24.8. The van der Waals surface area contributed by atoms with E-state index < -0.39 is 10.0 Å². The number of aliphatic hydroxyl groups is 1. The molecule has 112 valence electrons. The molecule has 0 aromatic rings. The third-order valence-electron chi connectivity index (χ3n) is 4.47. The van der Waals surface area contributed by atoms with Gasteiger partial charge in [-0.3, -0.25) is 0 Å². The molecular weight excluding hydrogens is 264 g/mol. The Morgan fingerprint density at radius 1 is 1.21 bits per heavy atom. The van der Waals surface area contributed by atoms with Crippen LogP contribution in [0.25, 0.3) is 0 Å². The van der Waals surface area contributed by atoms with E-state index in [-0.39, 0.29) is 6.10 Å². The van der Waals surface area contributed by atoms with E-state index in [2.05, 4.69) is 11.8 Å². The predicted molar refractivity (Wildman–Crippen MR) is 75.4 cm³/mol. The Balaban J connectivity index is 1.86. The van der Waals surface area contributed by atoms with E-state index in [9.17, 15) is 13.5 Å². The van der Waals surface area contributed by atoms with Gasteiger partial charge in [0.2, 0.25) is 10.0 Å². The van der Waals surface area contributed by atoms with Crippen molar-refractivity contribution >= 4 is 10.0 Å². The lowest BCUT2D eigenvalue weighted by atomic mass is 9.93. The van der Waals surface area contributed by atoms with Crippen molar-refractivity contribution in [3.05, 3.63) is 0 Å². The molecule has 0 aliphatic carbocycles. The van der Waals surface area contributed by atoms with Crippen LogP contribution >= 0.6 is 0 Å². The molecule has 3 unspecified atom stereocenters. The van der Waals surface area contributed by atoms with Crippen LogP contribution in [0.3, 0.4) is 0 Å². The predicted octanol–water partition coefficient (Wildman–Crippen LogP) is 0.361. The Kier molecular flexibility index (Phi) is 4.87. The first-order valence-corrected chi connectivity index (χ1v) is 9.06. The minimum atomic E-state index is -3.05. The van der Waals surface area contributed by atoms with Crippen molar-refractivity contribution < 1.29 is 13.5 Å². The Morgan fingerprint density at radius 2 is 1.95 bits per heavy atom. The molecule has 0 spiro atoms. The van der Waals surface area contributed by atoms with Gasteiger partial charge in [0.25, 0.3) is 0 Å². The first kappa shape index (κ1) is 15.2. The quantitative estimate of drug-likeness (QED) is 0.815. The highest BCUT2D eigenvalue weighted by Gasteiger charge is 2.30. The fraction of sp³-hybridized carbons (Fsp3) is 1.00. The second kappa shape index (κ2) is 6.08. The molecule has 2 aliphatic heterocycles. The summed E-state index contributed by atoms with van der Waals surface area (Å²) in [6, 6.07) is 0. The van der Waals surface area contributed by atoms with E-state index in [0.29, 0.717) is 24.9 Å². The van der Waals surface area contributed by atoms with Crippen molar-refractivity contribution in [3.8, 4) is 0 Å². The first-order valence-electron chi connectivity index (χ1n) is 7.22. The van der Waals surface area contributed by atoms with Gasteiger partial charge in [-0.25, -0.2) is 12.7 Å². The van der Waals surface area contributed by atoms with Crippen molar-refractivity contribution in [2.45, 2.75) is 32.3 Å². The van der Waals surface area contributed by atoms with Crippen molar-refractivity contribution in [1.82, 2.24) is 9.21 Å². The minimum absolute atomic E-state index is 0.233. The molecule has 0 bridgehead atoms. The lowest BCUT2D eigenvalue weighted by molar-refractivity contribution is 0.0193. The van der Waals surface area contributed by atoms with Crippen molar-refractivity contribution in [3.63, 3.8) is 0 Å². The molecule has 2 rings (SSSR count). The van der Waals surface area contributed by atoms with Crippen LogP contribution in [0.15, 0.2) is 0 Å². The van der Waals surface area contributed by atoms with Crippen molar-refractivity contribution in [2.24, 2.45) is 11.8 Å². The van der Waals surface area contributed by atoms with E-state index in [4.69, 9.17) is 0 Å². The van der Waals surface area contributed by atoms with Gasteiger partial charge in [0.15, 0.2) is 0 Å². The summed E-state index contributed by atoms with van der Waals surface area (Å²) in [6.07, 6.45) is 4.13. The van der Waals surface area contributed by atoms with Crippen LogP contribution in [0.5, 0.6) is 0 Å². The van der Waals surface area contributed by atoms with E-state index >= 15 is 0 Å². The zero-order valence-electron chi connectivity index (χ0n) is 12.0. The highest BCUT2D eigenvalue weighted by atomic mass is 32.2. The number of rotatable bonds is 3. The topological polar surface area (TPSA) is 60.9 Å². The highest BCUT2D eigenvalue weighted by Crippen LogP contribution is 2.23. The molecule has 0 aromatic heterocycles. The zero-order valence-corrected chi connectivity index (χ0v) is 12.8. The molecule has 0 amide bonds. The Bertz CT molecular complexity index is 399. The van der Waals surface area contributed by atoms with Gasteiger partial charge >= 0.3 is 0 Å². The van der Waals surface area contributed by atoms with Crippen LogP contribution in [-0.4, -0.2) is 67.8 Å². The second-order valence-electron chi connectivity index (χ2n) is 6.22. The molecule has 19 heavy (non-hydrogen) atoms. The zero-order chi connectivity index (χ0) is 14.0. The van der Waals surface area contributed by atoms with Crippen molar-refractivity contribution in [2.75, 3.05) is 39.0 Å². The highest BCUT2D eigenvalue weighted by molar-refractivity contribution is 7.88. The second-order valence-corrected chi connectivity index (χ2v) is 8.20. The number of hydrogen-bond donors (Lipinski definition) is 1. The Hall–Kier alpha value is -0.170. The van der Waals surface area contributed by atoms with Crippen LogP contribution in [0.2, 0.25) is 0 Å². The molecule has 2 heterocycles. The summed E-state index contributed by atoms with van der Waals surface area (Å²) >= 11 is 0. The number of hydrogen-bond acceptors (Lipinski definition) is 4. The van der Waals surface area contributed by atoms with Gasteiger partial charge in [0, 0.05) is 26.2 Å². The summed E-state index contributed by atoms with van der Waals surface area (Å²) in [6.45, 7) is 6.06. The fourth-order valence-corrected chi connectivity index (χ4v) is 4.06. The summed E-state index contributed by atoms with van der Waals surface area (Å²) in [4.78, 5) is 2.29. The van der Waals surface area contributed by atoms with E-state index in [1.165, 1.54) is 6.26 Å². The number of likely N-dealkylation sites (tertiary alicyclic amines) is 1. The minimum Gasteiger partial charge on any atom is -0.392 e. The average molecular weight is 290 g/mol. The number of aliphatic hydroxyl groups excluding tert-OH is 1. The molecule has 6 heteroatoms.